The van der Waals surface area contributed by atoms with Crippen molar-refractivity contribution in [1.82, 2.24) is 10.3 Å². The number of aromatic nitrogens is 1. The summed E-state index contributed by atoms with van der Waals surface area (Å²) < 4.78 is 10.7. The first kappa shape index (κ1) is 10.7. The Labute approximate surface area is 100.0 Å². The Kier molecular flexibility index (Phi) is 3.07. The molecule has 4 heteroatoms. The fourth-order valence-corrected chi connectivity index (χ4v) is 2.20. The van der Waals surface area contributed by atoms with Gasteiger partial charge < -0.3 is 14.5 Å². The number of benzene rings is 1. The maximum Gasteiger partial charge on any atom is 0.181 e. The van der Waals surface area contributed by atoms with Crippen LogP contribution in [0.1, 0.15) is 12.0 Å². The van der Waals surface area contributed by atoms with Crippen LogP contribution in [-0.2, 0) is 11.2 Å². The van der Waals surface area contributed by atoms with Gasteiger partial charge in [-0.1, -0.05) is 6.07 Å². The molecule has 1 unspecified atom stereocenters. The summed E-state index contributed by atoms with van der Waals surface area (Å²) in [4.78, 5) is 4.11. The number of rotatable bonds is 3. The first-order valence-electron chi connectivity index (χ1n) is 6.05. The van der Waals surface area contributed by atoms with E-state index in [4.69, 9.17) is 9.15 Å². The van der Waals surface area contributed by atoms with Gasteiger partial charge in [0.2, 0.25) is 0 Å². The molecule has 1 saturated heterocycles. The van der Waals surface area contributed by atoms with E-state index in [0.717, 1.165) is 43.7 Å². The van der Waals surface area contributed by atoms with Crippen molar-refractivity contribution in [3.63, 3.8) is 0 Å². The Hall–Kier alpha value is -1.39. The minimum absolute atomic E-state index is 0.481. The molecule has 0 amide bonds. The average molecular weight is 232 g/mol. The second-order valence-electron chi connectivity index (χ2n) is 4.42. The van der Waals surface area contributed by atoms with E-state index < -0.39 is 0 Å². The Bertz CT molecular complexity index is 489. The lowest BCUT2D eigenvalue weighted by Gasteiger charge is -2.23. The molecule has 3 rings (SSSR count). The van der Waals surface area contributed by atoms with Gasteiger partial charge in [-0.2, -0.15) is 0 Å². The van der Waals surface area contributed by atoms with Gasteiger partial charge in [0, 0.05) is 12.6 Å². The number of nitrogens with zero attached hydrogens (tertiary/aromatic N) is 1. The van der Waals surface area contributed by atoms with Crippen molar-refractivity contribution in [3.05, 3.63) is 30.2 Å². The van der Waals surface area contributed by atoms with Crippen molar-refractivity contribution in [2.75, 3.05) is 19.8 Å². The molecule has 1 aliphatic rings. The molecule has 0 spiro atoms. The number of nitrogens with one attached hydrogen (secondary N) is 1. The average Bonchev–Trinajstić information content (AvgIpc) is 2.85. The maximum absolute atomic E-state index is 5.44. The zero-order valence-corrected chi connectivity index (χ0v) is 9.69. The third kappa shape index (κ3) is 2.48. The van der Waals surface area contributed by atoms with Gasteiger partial charge in [0.1, 0.15) is 5.52 Å². The monoisotopic (exact) mass is 232 g/mol. The van der Waals surface area contributed by atoms with Crippen molar-refractivity contribution in [2.45, 2.75) is 18.9 Å². The second-order valence-corrected chi connectivity index (χ2v) is 4.42. The summed E-state index contributed by atoms with van der Waals surface area (Å²) in [6, 6.07) is 6.69. The van der Waals surface area contributed by atoms with Crippen LogP contribution in [0.25, 0.3) is 11.1 Å². The Balaban J connectivity index is 1.63. The van der Waals surface area contributed by atoms with E-state index >= 15 is 0 Å². The smallest absolute Gasteiger partial charge is 0.181 e. The van der Waals surface area contributed by atoms with E-state index in [1.807, 2.05) is 6.07 Å². The van der Waals surface area contributed by atoms with E-state index in [0.29, 0.717) is 6.04 Å². The molecule has 2 aromatic rings. The van der Waals surface area contributed by atoms with Crippen LogP contribution in [0.15, 0.2) is 29.0 Å². The molecule has 4 nitrogen and oxygen atoms in total. The van der Waals surface area contributed by atoms with Gasteiger partial charge in [0.25, 0.3) is 0 Å². The molecular weight excluding hydrogens is 216 g/mol. The molecule has 1 fully saturated rings. The first-order valence-corrected chi connectivity index (χ1v) is 6.05. The number of aryl methyl sites for hydroxylation is 1. The summed E-state index contributed by atoms with van der Waals surface area (Å²) >= 11 is 0. The predicted octanol–water partition coefficient (Wildman–Crippen LogP) is 1.75. The van der Waals surface area contributed by atoms with Crippen molar-refractivity contribution in [1.29, 1.82) is 0 Å². The zero-order valence-electron chi connectivity index (χ0n) is 9.69. The number of hydrogen-bond acceptors (Lipinski definition) is 4. The standard InChI is InChI=1S/C13H16N2O2/c1(3-11-8-16-6-5-14-11)10-2-4-12-13(7-10)17-9-15-12/h2,4,7,9,11,14H,1,3,5-6,8H2. The van der Waals surface area contributed by atoms with Crippen LogP contribution in [-0.4, -0.2) is 30.8 Å². The molecule has 1 atom stereocenters. The molecular formula is C13H16N2O2. The van der Waals surface area contributed by atoms with E-state index in [1.165, 1.54) is 12.0 Å². The molecule has 17 heavy (non-hydrogen) atoms. The molecule has 0 saturated carbocycles. The van der Waals surface area contributed by atoms with Gasteiger partial charge >= 0.3 is 0 Å². The van der Waals surface area contributed by atoms with Gasteiger partial charge in [0.05, 0.1) is 13.2 Å². The van der Waals surface area contributed by atoms with E-state index in [1.54, 1.807) is 0 Å². The molecule has 1 N–H and O–H groups in total. The van der Waals surface area contributed by atoms with Crippen LogP contribution in [0.5, 0.6) is 0 Å². The van der Waals surface area contributed by atoms with Gasteiger partial charge in [-0.3, -0.25) is 0 Å². The highest BCUT2D eigenvalue weighted by Gasteiger charge is 2.12. The fraction of sp³-hybridized carbons (Fsp3) is 0.462. The highest BCUT2D eigenvalue weighted by molar-refractivity contribution is 5.72. The third-order valence-electron chi connectivity index (χ3n) is 3.18. The highest BCUT2D eigenvalue weighted by Crippen LogP contribution is 2.16. The molecule has 0 radical (unpaired) electrons. The van der Waals surface area contributed by atoms with Gasteiger partial charge in [-0.15, -0.1) is 0 Å². The number of hydrogen-bond donors (Lipinski definition) is 1. The first-order chi connectivity index (χ1) is 8.42. The van der Waals surface area contributed by atoms with Crippen LogP contribution >= 0.6 is 0 Å². The van der Waals surface area contributed by atoms with Crippen molar-refractivity contribution in [3.8, 4) is 0 Å². The van der Waals surface area contributed by atoms with Gasteiger partial charge in [-0.25, -0.2) is 4.98 Å². The lowest BCUT2D eigenvalue weighted by atomic mass is 10.0. The number of morpholine rings is 1. The van der Waals surface area contributed by atoms with Crippen LogP contribution in [0.4, 0.5) is 0 Å². The largest absolute Gasteiger partial charge is 0.443 e. The van der Waals surface area contributed by atoms with Crippen molar-refractivity contribution in [2.24, 2.45) is 0 Å². The van der Waals surface area contributed by atoms with Crippen molar-refractivity contribution >= 4 is 11.1 Å². The molecule has 0 bridgehead atoms. The summed E-state index contributed by atoms with van der Waals surface area (Å²) in [6.07, 6.45) is 3.63. The number of fused-ring (bicyclic) bond motifs is 1. The third-order valence-corrected chi connectivity index (χ3v) is 3.18. The normalized spacial score (nSPS) is 20.8. The van der Waals surface area contributed by atoms with E-state index in [-0.39, 0.29) is 0 Å². The molecule has 1 aromatic carbocycles. The summed E-state index contributed by atoms with van der Waals surface area (Å²) in [6.45, 7) is 2.62. The van der Waals surface area contributed by atoms with Crippen LogP contribution in [0, 0.1) is 0 Å². The summed E-state index contributed by atoms with van der Waals surface area (Å²) in [5.74, 6) is 0. The minimum Gasteiger partial charge on any atom is -0.443 e. The molecule has 90 valence electrons. The van der Waals surface area contributed by atoms with Crippen LogP contribution in [0.2, 0.25) is 0 Å². The topological polar surface area (TPSA) is 47.3 Å². The maximum atomic E-state index is 5.44. The van der Waals surface area contributed by atoms with E-state index in [2.05, 4.69) is 22.4 Å². The number of oxazole rings is 1. The van der Waals surface area contributed by atoms with Crippen LogP contribution < -0.4 is 5.32 Å². The molecule has 2 heterocycles. The zero-order chi connectivity index (χ0) is 11.5. The van der Waals surface area contributed by atoms with Crippen molar-refractivity contribution < 1.29 is 9.15 Å². The van der Waals surface area contributed by atoms with E-state index in [9.17, 15) is 0 Å². The second kappa shape index (κ2) is 4.85. The molecule has 0 aliphatic carbocycles. The lowest BCUT2D eigenvalue weighted by Crippen LogP contribution is -2.41. The Morgan fingerprint density at radius 2 is 2.41 bits per heavy atom. The van der Waals surface area contributed by atoms with Gasteiger partial charge in [-0.05, 0) is 30.5 Å². The van der Waals surface area contributed by atoms with Crippen LogP contribution in [0.3, 0.4) is 0 Å². The predicted molar refractivity (Wildman–Crippen MR) is 64.9 cm³/mol. The highest BCUT2D eigenvalue weighted by atomic mass is 16.5. The quantitative estimate of drug-likeness (QED) is 0.875. The SMILES string of the molecule is c1nc2ccc(CCC3COCCN3)cc2o1. The lowest BCUT2D eigenvalue weighted by molar-refractivity contribution is 0.0743. The molecule has 1 aromatic heterocycles. The Morgan fingerprint density at radius 3 is 3.29 bits per heavy atom. The fourth-order valence-electron chi connectivity index (χ4n) is 2.20. The minimum atomic E-state index is 0.481. The summed E-state index contributed by atoms with van der Waals surface area (Å²) in [7, 11) is 0. The summed E-state index contributed by atoms with van der Waals surface area (Å²) in [5, 5.41) is 3.46. The number of ether oxygens (including phenoxy) is 1. The molecule has 1 aliphatic heterocycles. The Morgan fingerprint density at radius 1 is 1.41 bits per heavy atom. The summed E-state index contributed by atoms with van der Waals surface area (Å²) in [5.41, 5.74) is 3.09. The van der Waals surface area contributed by atoms with Gasteiger partial charge in [0.15, 0.2) is 12.0 Å².